The predicted octanol–water partition coefficient (Wildman–Crippen LogP) is 2.11. The van der Waals surface area contributed by atoms with Crippen LogP contribution in [0.15, 0.2) is 36.5 Å². The van der Waals surface area contributed by atoms with Gasteiger partial charge in [0.15, 0.2) is 0 Å². The first-order valence-corrected chi connectivity index (χ1v) is 7.92. The van der Waals surface area contributed by atoms with Crippen LogP contribution < -0.4 is 5.19 Å². The molecule has 3 heteroatoms. The van der Waals surface area contributed by atoms with Gasteiger partial charge in [0.2, 0.25) is 0 Å². The number of rotatable bonds is 3. The average Bonchev–Trinajstić information content (AvgIpc) is 2.28. The molecule has 0 aliphatic heterocycles. The van der Waals surface area contributed by atoms with Crippen molar-refractivity contribution in [2.75, 3.05) is 7.11 Å². The Bertz CT molecular complexity index is 383. The van der Waals surface area contributed by atoms with E-state index < -0.39 is 8.07 Å². The second kappa shape index (κ2) is 4.44. The van der Waals surface area contributed by atoms with Crippen molar-refractivity contribution in [1.29, 1.82) is 0 Å². The van der Waals surface area contributed by atoms with Gasteiger partial charge in [0.05, 0.1) is 12.7 Å². The van der Waals surface area contributed by atoms with Crippen LogP contribution in [-0.2, 0) is 4.74 Å². The lowest BCUT2D eigenvalue weighted by Crippen LogP contribution is -2.42. The van der Waals surface area contributed by atoms with Gasteiger partial charge in [0.25, 0.3) is 0 Å². The fraction of sp³-hybridized carbons (Fsp3) is 0.250. The van der Waals surface area contributed by atoms with E-state index in [2.05, 4.69) is 19.7 Å². The van der Waals surface area contributed by atoms with Crippen molar-refractivity contribution in [3.8, 4) is 0 Å². The Labute approximate surface area is 91.6 Å². The molecule has 0 aliphatic carbocycles. The van der Waals surface area contributed by atoms with Crippen LogP contribution in [-0.4, -0.2) is 21.2 Å². The van der Waals surface area contributed by atoms with E-state index in [-0.39, 0.29) is 5.97 Å². The quantitative estimate of drug-likeness (QED) is 0.576. The summed E-state index contributed by atoms with van der Waals surface area (Å²) in [5.41, 5.74) is 2.63. The smallest absolute Gasteiger partial charge is 0.337 e. The minimum atomic E-state index is -1.71. The van der Waals surface area contributed by atoms with Gasteiger partial charge in [0, 0.05) is 0 Å². The van der Waals surface area contributed by atoms with Crippen molar-refractivity contribution in [2.45, 2.75) is 13.1 Å². The van der Waals surface area contributed by atoms with Crippen molar-refractivity contribution in [2.24, 2.45) is 0 Å². The lowest BCUT2D eigenvalue weighted by atomic mass is 10.2. The molecule has 2 nitrogen and oxygen atoms in total. The van der Waals surface area contributed by atoms with Crippen LogP contribution in [0.3, 0.4) is 0 Å². The van der Waals surface area contributed by atoms with Crippen molar-refractivity contribution >= 4 is 19.2 Å². The Morgan fingerprint density at radius 3 is 2.53 bits per heavy atom. The monoisotopic (exact) mass is 220 g/mol. The molecule has 0 saturated heterocycles. The van der Waals surface area contributed by atoms with Crippen LogP contribution in [0.25, 0.3) is 0 Å². The van der Waals surface area contributed by atoms with Gasteiger partial charge < -0.3 is 4.74 Å². The van der Waals surface area contributed by atoms with Gasteiger partial charge in [-0.15, -0.1) is 6.58 Å². The highest BCUT2D eigenvalue weighted by Crippen LogP contribution is 2.09. The van der Waals surface area contributed by atoms with E-state index in [1.807, 2.05) is 23.9 Å². The maximum absolute atomic E-state index is 11.6. The number of carbonyl (C=O) groups excluding carboxylic acids is 1. The summed E-state index contributed by atoms with van der Waals surface area (Å²) in [5.74, 6) is -0.270. The third-order valence-electron chi connectivity index (χ3n) is 2.54. The molecular formula is C12H16O2Si. The highest BCUT2D eigenvalue weighted by Gasteiger charge is 2.24. The molecule has 0 N–H and O–H groups in total. The summed E-state index contributed by atoms with van der Waals surface area (Å²) in [5, 5.41) is 1.08. The maximum Gasteiger partial charge on any atom is 0.337 e. The lowest BCUT2D eigenvalue weighted by Gasteiger charge is -2.20. The first-order chi connectivity index (χ1) is 7.03. The number of methoxy groups -OCH3 is 1. The number of hydrogen-bond donors (Lipinski definition) is 0. The Hall–Kier alpha value is -1.35. The SMILES string of the molecule is C=C[Si](C)(C)c1ccccc1C(=O)OC. The van der Waals surface area contributed by atoms with Gasteiger partial charge >= 0.3 is 5.97 Å². The molecule has 80 valence electrons. The zero-order valence-electron chi connectivity index (χ0n) is 9.41. The first-order valence-electron chi connectivity index (χ1n) is 4.84. The van der Waals surface area contributed by atoms with Crippen LogP contribution in [0, 0.1) is 0 Å². The number of ether oxygens (including phenoxy) is 1. The molecule has 0 heterocycles. The largest absolute Gasteiger partial charge is 0.465 e. The number of hydrogen-bond acceptors (Lipinski definition) is 2. The highest BCUT2D eigenvalue weighted by atomic mass is 28.3. The molecule has 0 aliphatic rings. The molecule has 0 fully saturated rings. The summed E-state index contributed by atoms with van der Waals surface area (Å²) in [6.45, 7) is 8.15. The fourth-order valence-corrected chi connectivity index (χ4v) is 3.07. The molecule has 1 aromatic carbocycles. The molecule has 0 aromatic heterocycles. The lowest BCUT2D eigenvalue weighted by molar-refractivity contribution is 0.0602. The van der Waals surface area contributed by atoms with Crippen molar-refractivity contribution in [3.63, 3.8) is 0 Å². The maximum atomic E-state index is 11.6. The third-order valence-corrected chi connectivity index (χ3v) is 5.38. The van der Waals surface area contributed by atoms with Crippen LogP contribution in [0.4, 0.5) is 0 Å². The van der Waals surface area contributed by atoms with E-state index in [1.165, 1.54) is 7.11 Å². The normalized spacial score (nSPS) is 10.9. The molecule has 1 aromatic rings. The Morgan fingerprint density at radius 2 is 2.00 bits per heavy atom. The summed E-state index contributed by atoms with van der Waals surface area (Å²) in [4.78, 5) is 11.6. The number of carbonyl (C=O) groups is 1. The second-order valence-corrected chi connectivity index (χ2v) is 8.35. The van der Waals surface area contributed by atoms with Gasteiger partial charge in [-0.2, -0.15) is 0 Å². The van der Waals surface area contributed by atoms with Gasteiger partial charge in [0.1, 0.15) is 8.07 Å². The van der Waals surface area contributed by atoms with Gasteiger partial charge in [-0.05, 0) is 11.3 Å². The zero-order valence-corrected chi connectivity index (χ0v) is 10.4. The van der Waals surface area contributed by atoms with E-state index in [9.17, 15) is 4.79 Å². The Morgan fingerprint density at radius 1 is 1.40 bits per heavy atom. The summed E-state index contributed by atoms with van der Waals surface area (Å²) in [6.07, 6.45) is 0. The van der Waals surface area contributed by atoms with E-state index in [0.29, 0.717) is 5.56 Å². The molecule has 0 bridgehead atoms. The van der Waals surface area contributed by atoms with Crippen LogP contribution in [0.2, 0.25) is 13.1 Å². The van der Waals surface area contributed by atoms with Crippen LogP contribution in [0.1, 0.15) is 10.4 Å². The molecule has 0 spiro atoms. The van der Waals surface area contributed by atoms with Crippen LogP contribution in [0.5, 0.6) is 0 Å². The minimum absolute atomic E-state index is 0.270. The predicted molar refractivity (Wildman–Crippen MR) is 65.1 cm³/mol. The van der Waals surface area contributed by atoms with Gasteiger partial charge in [-0.1, -0.05) is 37.0 Å². The molecule has 0 saturated carbocycles. The summed E-state index contributed by atoms with van der Waals surface area (Å²) >= 11 is 0. The average molecular weight is 220 g/mol. The molecule has 15 heavy (non-hydrogen) atoms. The van der Waals surface area contributed by atoms with Gasteiger partial charge in [-0.3, -0.25) is 0 Å². The molecule has 1 rings (SSSR count). The van der Waals surface area contributed by atoms with Crippen LogP contribution >= 0.6 is 0 Å². The molecular weight excluding hydrogens is 204 g/mol. The minimum Gasteiger partial charge on any atom is -0.465 e. The summed E-state index contributed by atoms with van der Waals surface area (Å²) in [6, 6.07) is 7.59. The standard InChI is InChI=1S/C12H16O2Si/c1-5-15(3,4)11-9-7-6-8-10(11)12(13)14-2/h5-9H,1H2,2-4H3. The second-order valence-electron chi connectivity index (χ2n) is 3.96. The zero-order chi connectivity index (χ0) is 11.5. The van der Waals surface area contributed by atoms with E-state index in [4.69, 9.17) is 4.74 Å². The first kappa shape index (κ1) is 11.7. The third kappa shape index (κ3) is 2.36. The number of benzene rings is 1. The molecule has 0 amide bonds. The van der Waals surface area contributed by atoms with Crippen molar-refractivity contribution in [1.82, 2.24) is 0 Å². The molecule has 0 unspecified atom stereocenters. The highest BCUT2D eigenvalue weighted by molar-refractivity contribution is 6.94. The van der Waals surface area contributed by atoms with Crippen molar-refractivity contribution in [3.05, 3.63) is 42.1 Å². The van der Waals surface area contributed by atoms with E-state index >= 15 is 0 Å². The topological polar surface area (TPSA) is 26.3 Å². The van der Waals surface area contributed by atoms with E-state index in [1.54, 1.807) is 6.07 Å². The van der Waals surface area contributed by atoms with Gasteiger partial charge in [-0.25, -0.2) is 4.79 Å². The summed E-state index contributed by atoms with van der Waals surface area (Å²) in [7, 11) is -0.310. The summed E-state index contributed by atoms with van der Waals surface area (Å²) < 4.78 is 4.77. The van der Waals surface area contributed by atoms with E-state index in [0.717, 1.165) is 5.19 Å². The Kier molecular flexibility index (Phi) is 3.47. The molecule has 0 radical (unpaired) electrons. The fourth-order valence-electron chi connectivity index (χ4n) is 1.44. The Balaban J connectivity index is 3.29. The molecule has 0 atom stereocenters. The van der Waals surface area contributed by atoms with Crippen molar-refractivity contribution < 1.29 is 9.53 Å². The number of esters is 1.